The zero-order valence-corrected chi connectivity index (χ0v) is 18.7. The number of carbonyl (C=O) groups is 1. The Morgan fingerprint density at radius 2 is 1.94 bits per heavy atom. The predicted octanol–water partition coefficient (Wildman–Crippen LogP) is 5.18. The lowest BCUT2D eigenvalue weighted by Gasteiger charge is -2.11. The topological polar surface area (TPSA) is 69.0 Å². The number of hydrogen-bond acceptors (Lipinski definition) is 4. The number of aryl methyl sites for hydroxylation is 2. The van der Waals surface area contributed by atoms with Crippen LogP contribution in [0.4, 0.5) is 0 Å². The van der Waals surface area contributed by atoms with E-state index < -0.39 is 0 Å². The largest absolute Gasteiger partial charge is 0.494 e. The Hall–Kier alpha value is -3.38. The van der Waals surface area contributed by atoms with Crippen LogP contribution in [0.3, 0.4) is 0 Å². The van der Waals surface area contributed by atoms with Crippen molar-refractivity contribution in [2.75, 3.05) is 6.61 Å². The van der Waals surface area contributed by atoms with Crippen LogP contribution in [-0.2, 0) is 13.1 Å². The molecule has 2 heterocycles. The standard InChI is InChI=1S/C25H25ClN4O2/c1-18-16-19(11-12-20(18)26)32-15-7-6-14-30-23-10-3-2-8-21(23)29-24(30)17-28-25(31)22-9-4-5-13-27-22/h2-5,8-13,16H,6-7,14-15,17H2,1H3,(H,28,31). The smallest absolute Gasteiger partial charge is 0.270 e. The molecule has 0 aliphatic heterocycles. The van der Waals surface area contributed by atoms with E-state index in [1.807, 2.05) is 43.3 Å². The number of halogens is 1. The van der Waals surface area contributed by atoms with Gasteiger partial charge in [-0.25, -0.2) is 4.98 Å². The SMILES string of the molecule is Cc1cc(OCCCCn2c(CNC(=O)c3ccccn3)nc3ccccc32)ccc1Cl. The normalized spacial score (nSPS) is 10.9. The molecule has 7 heteroatoms. The maximum Gasteiger partial charge on any atom is 0.270 e. The van der Waals surface area contributed by atoms with Crippen LogP contribution in [-0.4, -0.2) is 27.0 Å². The molecule has 0 fully saturated rings. The van der Waals surface area contributed by atoms with Crippen LogP contribution >= 0.6 is 11.6 Å². The van der Waals surface area contributed by atoms with E-state index in [4.69, 9.17) is 21.3 Å². The number of amides is 1. The van der Waals surface area contributed by atoms with Gasteiger partial charge >= 0.3 is 0 Å². The van der Waals surface area contributed by atoms with Crippen molar-refractivity contribution in [2.24, 2.45) is 0 Å². The molecule has 0 radical (unpaired) electrons. The maximum atomic E-state index is 12.4. The lowest BCUT2D eigenvalue weighted by atomic mass is 10.2. The molecule has 164 valence electrons. The fourth-order valence-corrected chi connectivity index (χ4v) is 3.64. The van der Waals surface area contributed by atoms with E-state index in [0.29, 0.717) is 18.8 Å². The summed E-state index contributed by atoms with van der Waals surface area (Å²) in [6.45, 7) is 3.72. The molecule has 0 bridgehead atoms. The number of para-hydroxylation sites is 2. The Labute approximate surface area is 192 Å². The van der Waals surface area contributed by atoms with Gasteiger partial charge in [0.05, 0.1) is 24.2 Å². The maximum absolute atomic E-state index is 12.4. The summed E-state index contributed by atoms with van der Waals surface area (Å²) in [7, 11) is 0. The Balaban J connectivity index is 1.36. The number of nitrogens with one attached hydrogen (secondary N) is 1. The highest BCUT2D eigenvalue weighted by Crippen LogP contribution is 2.21. The number of fused-ring (bicyclic) bond motifs is 1. The Morgan fingerprint density at radius 1 is 1.09 bits per heavy atom. The fraction of sp³-hybridized carbons (Fsp3) is 0.240. The van der Waals surface area contributed by atoms with Crippen LogP contribution in [0.1, 0.15) is 34.7 Å². The van der Waals surface area contributed by atoms with Crippen LogP contribution in [0.15, 0.2) is 66.9 Å². The third-order valence-corrected chi connectivity index (χ3v) is 5.64. The lowest BCUT2D eigenvalue weighted by Crippen LogP contribution is -2.25. The summed E-state index contributed by atoms with van der Waals surface area (Å²) in [5.74, 6) is 1.44. The molecule has 0 aliphatic rings. The minimum absolute atomic E-state index is 0.212. The second-order valence-corrected chi connectivity index (χ2v) is 7.94. The average Bonchev–Trinajstić information content (AvgIpc) is 3.17. The number of hydrogen-bond donors (Lipinski definition) is 1. The Kier molecular flexibility index (Phi) is 7.02. The van der Waals surface area contributed by atoms with Gasteiger partial charge in [-0.1, -0.05) is 29.8 Å². The number of imidazole rings is 1. The molecule has 32 heavy (non-hydrogen) atoms. The summed E-state index contributed by atoms with van der Waals surface area (Å²) in [5.41, 5.74) is 3.38. The van der Waals surface area contributed by atoms with E-state index in [2.05, 4.69) is 20.9 Å². The van der Waals surface area contributed by atoms with E-state index in [-0.39, 0.29) is 5.91 Å². The molecular formula is C25H25ClN4O2. The highest BCUT2D eigenvalue weighted by Gasteiger charge is 2.13. The molecule has 0 atom stereocenters. The van der Waals surface area contributed by atoms with Gasteiger partial charge in [0.2, 0.25) is 0 Å². The molecule has 0 unspecified atom stereocenters. The van der Waals surface area contributed by atoms with Crippen molar-refractivity contribution in [3.63, 3.8) is 0 Å². The summed E-state index contributed by atoms with van der Waals surface area (Å²) in [6.07, 6.45) is 3.43. The van der Waals surface area contributed by atoms with E-state index in [1.165, 1.54) is 0 Å². The second kappa shape index (κ2) is 10.3. The van der Waals surface area contributed by atoms with Crippen molar-refractivity contribution < 1.29 is 9.53 Å². The summed E-state index contributed by atoms with van der Waals surface area (Å²) in [5, 5.41) is 3.67. The molecule has 0 spiro atoms. The van der Waals surface area contributed by atoms with Gasteiger partial charge in [-0.05, 0) is 67.8 Å². The Bertz CT molecular complexity index is 1210. The number of nitrogens with zero attached hydrogens (tertiary/aromatic N) is 3. The third kappa shape index (κ3) is 5.26. The molecule has 0 saturated carbocycles. The highest BCUT2D eigenvalue weighted by molar-refractivity contribution is 6.31. The summed E-state index contributed by atoms with van der Waals surface area (Å²) >= 11 is 6.07. The minimum Gasteiger partial charge on any atom is -0.494 e. The highest BCUT2D eigenvalue weighted by atomic mass is 35.5. The number of carbonyl (C=O) groups excluding carboxylic acids is 1. The van der Waals surface area contributed by atoms with Crippen molar-refractivity contribution in [1.82, 2.24) is 19.9 Å². The van der Waals surface area contributed by atoms with Crippen molar-refractivity contribution in [3.05, 3.63) is 89.0 Å². The molecular weight excluding hydrogens is 424 g/mol. The van der Waals surface area contributed by atoms with Crippen molar-refractivity contribution >= 4 is 28.5 Å². The monoisotopic (exact) mass is 448 g/mol. The number of aromatic nitrogens is 3. The predicted molar refractivity (Wildman–Crippen MR) is 126 cm³/mol. The lowest BCUT2D eigenvalue weighted by molar-refractivity contribution is 0.0944. The number of pyridine rings is 1. The zero-order chi connectivity index (χ0) is 22.3. The van der Waals surface area contributed by atoms with Gasteiger partial charge in [0.1, 0.15) is 17.3 Å². The van der Waals surface area contributed by atoms with Gasteiger partial charge in [-0.3, -0.25) is 9.78 Å². The molecule has 0 saturated heterocycles. The zero-order valence-electron chi connectivity index (χ0n) is 17.9. The number of ether oxygens (including phenoxy) is 1. The molecule has 0 aliphatic carbocycles. The first-order valence-electron chi connectivity index (χ1n) is 10.6. The van der Waals surface area contributed by atoms with Crippen LogP contribution in [0, 0.1) is 6.92 Å². The summed E-state index contributed by atoms with van der Waals surface area (Å²) in [4.78, 5) is 21.2. The molecule has 2 aromatic heterocycles. The van der Waals surface area contributed by atoms with Gasteiger partial charge in [0.15, 0.2) is 0 Å². The van der Waals surface area contributed by atoms with Gasteiger partial charge in [-0.2, -0.15) is 0 Å². The first kappa shape index (κ1) is 21.8. The van der Waals surface area contributed by atoms with E-state index >= 15 is 0 Å². The third-order valence-electron chi connectivity index (χ3n) is 5.21. The number of unbranched alkanes of at least 4 members (excludes halogenated alkanes) is 1. The second-order valence-electron chi connectivity index (χ2n) is 7.53. The summed E-state index contributed by atoms with van der Waals surface area (Å²) < 4.78 is 8.03. The van der Waals surface area contributed by atoms with Crippen LogP contribution in [0.25, 0.3) is 11.0 Å². The van der Waals surface area contributed by atoms with Crippen LogP contribution in [0.5, 0.6) is 5.75 Å². The minimum atomic E-state index is -0.212. The van der Waals surface area contributed by atoms with Gasteiger partial charge in [0, 0.05) is 17.8 Å². The first-order valence-corrected chi connectivity index (χ1v) is 11.0. The average molecular weight is 449 g/mol. The quantitative estimate of drug-likeness (QED) is 0.358. The van der Waals surface area contributed by atoms with Crippen LogP contribution in [0.2, 0.25) is 5.02 Å². The molecule has 4 aromatic rings. The molecule has 1 N–H and O–H groups in total. The van der Waals surface area contributed by atoms with E-state index in [0.717, 1.165) is 52.6 Å². The fourth-order valence-electron chi connectivity index (χ4n) is 3.53. The van der Waals surface area contributed by atoms with Crippen molar-refractivity contribution in [3.8, 4) is 5.75 Å². The van der Waals surface area contributed by atoms with Crippen molar-refractivity contribution in [2.45, 2.75) is 32.9 Å². The van der Waals surface area contributed by atoms with Crippen molar-refractivity contribution in [1.29, 1.82) is 0 Å². The van der Waals surface area contributed by atoms with E-state index in [9.17, 15) is 4.79 Å². The first-order chi connectivity index (χ1) is 15.6. The molecule has 2 aromatic carbocycles. The van der Waals surface area contributed by atoms with Gasteiger partial charge < -0.3 is 14.6 Å². The number of benzene rings is 2. The van der Waals surface area contributed by atoms with E-state index in [1.54, 1.807) is 24.4 Å². The number of rotatable bonds is 9. The van der Waals surface area contributed by atoms with Gasteiger partial charge in [-0.15, -0.1) is 0 Å². The molecule has 4 rings (SSSR count). The molecule has 6 nitrogen and oxygen atoms in total. The van der Waals surface area contributed by atoms with Crippen LogP contribution < -0.4 is 10.1 Å². The Morgan fingerprint density at radius 3 is 2.75 bits per heavy atom. The summed E-state index contributed by atoms with van der Waals surface area (Å²) in [6, 6.07) is 19.0. The molecule has 1 amide bonds. The van der Waals surface area contributed by atoms with Gasteiger partial charge in [0.25, 0.3) is 5.91 Å².